The third-order valence-corrected chi connectivity index (χ3v) is 5.25. The average Bonchev–Trinajstić information content (AvgIpc) is 2.83. The highest BCUT2D eigenvalue weighted by atomic mass is 16.5. The van der Waals surface area contributed by atoms with E-state index in [-0.39, 0.29) is 12.3 Å². The largest absolute Gasteiger partial charge is 0.489 e. The van der Waals surface area contributed by atoms with Gasteiger partial charge in [-0.3, -0.25) is 9.59 Å². The summed E-state index contributed by atoms with van der Waals surface area (Å²) in [6, 6.07) is 29.7. The van der Waals surface area contributed by atoms with Crippen LogP contribution in [0.2, 0.25) is 0 Å². The zero-order valence-electron chi connectivity index (χ0n) is 17.5. The van der Waals surface area contributed by atoms with Gasteiger partial charge < -0.3 is 15.8 Å². The first kappa shape index (κ1) is 21.1. The topological polar surface area (TPSA) is 81.4 Å². The second-order valence-electron chi connectivity index (χ2n) is 7.62. The molecule has 3 N–H and O–H groups in total. The van der Waals surface area contributed by atoms with Gasteiger partial charge in [0.15, 0.2) is 0 Å². The van der Waals surface area contributed by atoms with Gasteiger partial charge >= 0.3 is 0 Å². The first-order valence-corrected chi connectivity index (χ1v) is 10.4. The standard InChI is InChI=1S/C27H24N2O3/c28-26(30)25(29-27(31)23-14-13-21-10-4-5-11-22(21)17-23)16-20-9-6-12-24(15-20)32-18-19-7-2-1-3-8-19/h1-15,17,25H,16,18H2,(H2,28,30)(H,29,31)/t25-/m0/s1. The van der Waals surface area contributed by atoms with Gasteiger partial charge in [-0.1, -0.05) is 72.8 Å². The lowest BCUT2D eigenvalue weighted by atomic mass is 10.0. The van der Waals surface area contributed by atoms with Crippen molar-refractivity contribution in [2.45, 2.75) is 19.1 Å². The molecule has 1 atom stereocenters. The summed E-state index contributed by atoms with van der Waals surface area (Å²) >= 11 is 0. The number of nitrogens with two attached hydrogens (primary N) is 1. The maximum atomic E-state index is 12.8. The number of carbonyl (C=O) groups excluding carboxylic acids is 2. The van der Waals surface area contributed by atoms with Gasteiger partial charge in [0, 0.05) is 12.0 Å². The van der Waals surface area contributed by atoms with E-state index in [1.165, 1.54) is 0 Å². The van der Waals surface area contributed by atoms with Crippen LogP contribution in [0, 0.1) is 0 Å². The minimum absolute atomic E-state index is 0.275. The van der Waals surface area contributed by atoms with E-state index in [1.54, 1.807) is 12.1 Å². The monoisotopic (exact) mass is 424 g/mol. The number of primary amides is 1. The van der Waals surface area contributed by atoms with Crippen molar-refractivity contribution in [2.24, 2.45) is 5.73 Å². The Morgan fingerprint density at radius 3 is 2.28 bits per heavy atom. The molecule has 4 aromatic carbocycles. The fourth-order valence-electron chi connectivity index (χ4n) is 3.53. The van der Waals surface area contributed by atoms with E-state index in [1.807, 2.05) is 84.9 Å². The molecule has 0 radical (unpaired) electrons. The number of carbonyl (C=O) groups is 2. The van der Waals surface area contributed by atoms with Crippen molar-refractivity contribution >= 4 is 22.6 Å². The van der Waals surface area contributed by atoms with Gasteiger partial charge in [-0.2, -0.15) is 0 Å². The number of benzene rings is 4. The summed E-state index contributed by atoms with van der Waals surface area (Å²) in [4.78, 5) is 24.8. The van der Waals surface area contributed by atoms with E-state index < -0.39 is 11.9 Å². The molecular weight excluding hydrogens is 400 g/mol. The van der Waals surface area contributed by atoms with Crippen LogP contribution in [-0.2, 0) is 17.8 Å². The molecule has 0 spiro atoms. The van der Waals surface area contributed by atoms with E-state index in [0.717, 1.165) is 21.9 Å². The Bertz CT molecular complexity index is 1240. The first-order chi connectivity index (χ1) is 15.6. The highest BCUT2D eigenvalue weighted by molar-refractivity contribution is 6.00. The first-order valence-electron chi connectivity index (χ1n) is 10.4. The van der Waals surface area contributed by atoms with Gasteiger partial charge in [-0.15, -0.1) is 0 Å². The number of hydrogen-bond donors (Lipinski definition) is 2. The molecule has 0 fully saturated rings. The van der Waals surface area contributed by atoms with Crippen molar-refractivity contribution in [3.8, 4) is 5.75 Å². The Hall–Kier alpha value is -4.12. The molecule has 4 aromatic rings. The molecule has 32 heavy (non-hydrogen) atoms. The summed E-state index contributed by atoms with van der Waals surface area (Å²) < 4.78 is 5.86. The molecule has 0 bridgehead atoms. The summed E-state index contributed by atoms with van der Waals surface area (Å²) in [5, 5.41) is 4.77. The Kier molecular flexibility index (Phi) is 6.46. The number of amides is 2. The summed E-state index contributed by atoms with van der Waals surface area (Å²) in [5.41, 5.74) is 7.98. The van der Waals surface area contributed by atoms with Gasteiger partial charge in [-0.25, -0.2) is 0 Å². The van der Waals surface area contributed by atoms with Crippen LogP contribution in [0.3, 0.4) is 0 Å². The predicted molar refractivity (Wildman–Crippen MR) is 125 cm³/mol. The minimum Gasteiger partial charge on any atom is -0.489 e. The lowest BCUT2D eigenvalue weighted by Gasteiger charge is -2.16. The van der Waals surface area contributed by atoms with Crippen LogP contribution in [-0.4, -0.2) is 17.9 Å². The molecule has 0 aromatic heterocycles. The zero-order valence-corrected chi connectivity index (χ0v) is 17.5. The number of rotatable bonds is 8. The van der Waals surface area contributed by atoms with E-state index in [0.29, 0.717) is 17.9 Å². The van der Waals surface area contributed by atoms with Crippen molar-refractivity contribution < 1.29 is 14.3 Å². The zero-order chi connectivity index (χ0) is 22.3. The molecule has 0 saturated heterocycles. The smallest absolute Gasteiger partial charge is 0.251 e. The van der Waals surface area contributed by atoms with Gasteiger partial charge in [0.1, 0.15) is 18.4 Å². The fraction of sp³-hybridized carbons (Fsp3) is 0.111. The van der Waals surface area contributed by atoms with Crippen LogP contribution in [0.15, 0.2) is 97.1 Å². The molecule has 5 nitrogen and oxygen atoms in total. The molecule has 0 aliphatic carbocycles. The molecule has 0 saturated carbocycles. The van der Waals surface area contributed by atoms with Crippen LogP contribution in [0.4, 0.5) is 0 Å². The van der Waals surface area contributed by atoms with E-state index >= 15 is 0 Å². The molecule has 0 aliphatic rings. The van der Waals surface area contributed by atoms with Crippen LogP contribution in [0.1, 0.15) is 21.5 Å². The van der Waals surface area contributed by atoms with Crippen molar-refractivity contribution in [3.63, 3.8) is 0 Å². The van der Waals surface area contributed by atoms with Crippen molar-refractivity contribution in [1.82, 2.24) is 5.32 Å². The van der Waals surface area contributed by atoms with Crippen LogP contribution in [0.25, 0.3) is 10.8 Å². The normalized spacial score (nSPS) is 11.6. The molecule has 5 heteroatoms. The number of hydrogen-bond acceptors (Lipinski definition) is 3. The third kappa shape index (κ3) is 5.32. The van der Waals surface area contributed by atoms with Crippen molar-refractivity contribution in [2.75, 3.05) is 0 Å². The molecule has 0 heterocycles. The van der Waals surface area contributed by atoms with E-state index in [2.05, 4.69) is 5.32 Å². The summed E-state index contributed by atoms with van der Waals surface area (Å²) in [7, 11) is 0. The minimum atomic E-state index is -0.835. The molecule has 0 unspecified atom stereocenters. The quantitative estimate of drug-likeness (QED) is 0.444. The van der Waals surface area contributed by atoms with Crippen LogP contribution in [0.5, 0.6) is 5.75 Å². The Morgan fingerprint density at radius 2 is 1.50 bits per heavy atom. The summed E-state index contributed by atoms with van der Waals surface area (Å²) in [6.07, 6.45) is 0.275. The maximum absolute atomic E-state index is 12.8. The average molecular weight is 425 g/mol. The maximum Gasteiger partial charge on any atom is 0.251 e. The Morgan fingerprint density at radius 1 is 0.781 bits per heavy atom. The lowest BCUT2D eigenvalue weighted by Crippen LogP contribution is -2.45. The molecular formula is C27H24N2O3. The Balaban J connectivity index is 1.43. The van der Waals surface area contributed by atoms with Crippen LogP contribution >= 0.6 is 0 Å². The second-order valence-corrected chi connectivity index (χ2v) is 7.62. The Labute approximate surface area is 186 Å². The highest BCUT2D eigenvalue weighted by Gasteiger charge is 2.20. The molecule has 0 aliphatic heterocycles. The van der Waals surface area contributed by atoms with Crippen molar-refractivity contribution in [1.29, 1.82) is 0 Å². The molecule has 2 amide bonds. The SMILES string of the molecule is NC(=O)[C@H](Cc1cccc(OCc2ccccc2)c1)NC(=O)c1ccc2ccccc2c1. The fourth-order valence-corrected chi connectivity index (χ4v) is 3.53. The van der Waals surface area contributed by atoms with Gasteiger partial charge in [-0.05, 0) is 46.2 Å². The number of ether oxygens (including phenoxy) is 1. The van der Waals surface area contributed by atoms with Crippen molar-refractivity contribution in [3.05, 3.63) is 114 Å². The summed E-state index contributed by atoms with van der Waals surface area (Å²) in [5.74, 6) is -0.235. The van der Waals surface area contributed by atoms with Gasteiger partial charge in [0.2, 0.25) is 5.91 Å². The number of fused-ring (bicyclic) bond motifs is 1. The lowest BCUT2D eigenvalue weighted by molar-refractivity contribution is -0.119. The predicted octanol–water partition coefficient (Wildman–Crippen LogP) is 4.25. The molecule has 160 valence electrons. The third-order valence-electron chi connectivity index (χ3n) is 5.25. The second kappa shape index (κ2) is 9.79. The number of nitrogens with one attached hydrogen (secondary N) is 1. The van der Waals surface area contributed by atoms with E-state index in [4.69, 9.17) is 10.5 Å². The highest BCUT2D eigenvalue weighted by Crippen LogP contribution is 2.18. The van der Waals surface area contributed by atoms with E-state index in [9.17, 15) is 9.59 Å². The van der Waals surface area contributed by atoms with Gasteiger partial charge in [0.05, 0.1) is 0 Å². The van der Waals surface area contributed by atoms with Gasteiger partial charge in [0.25, 0.3) is 5.91 Å². The summed E-state index contributed by atoms with van der Waals surface area (Å²) in [6.45, 7) is 0.447. The molecule has 4 rings (SSSR count). The van der Waals surface area contributed by atoms with Crippen LogP contribution < -0.4 is 15.8 Å².